The standard InChI is InChI=1S/C13H12Cl2N2O3/c1-19-10-4-7(3-9(15)12(10)20-2)13-16-8(6-14)5-11(18)17-13/h3-5H,6H2,1-2H3,(H,16,17,18). The zero-order chi connectivity index (χ0) is 14.7. The molecule has 0 bridgehead atoms. The van der Waals surface area contributed by atoms with Crippen LogP contribution in [-0.4, -0.2) is 24.2 Å². The summed E-state index contributed by atoms with van der Waals surface area (Å²) < 4.78 is 10.4. The van der Waals surface area contributed by atoms with Gasteiger partial charge >= 0.3 is 0 Å². The van der Waals surface area contributed by atoms with E-state index in [1.54, 1.807) is 12.1 Å². The van der Waals surface area contributed by atoms with Gasteiger partial charge in [0.2, 0.25) is 0 Å². The molecule has 2 aromatic rings. The summed E-state index contributed by atoms with van der Waals surface area (Å²) in [5.74, 6) is 1.40. The third kappa shape index (κ3) is 2.89. The maximum Gasteiger partial charge on any atom is 0.251 e. The Hall–Kier alpha value is -1.72. The monoisotopic (exact) mass is 314 g/mol. The van der Waals surface area contributed by atoms with Crippen molar-refractivity contribution in [3.05, 3.63) is 39.3 Å². The summed E-state index contributed by atoms with van der Waals surface area (Å²) in [4.78, 5) is 18.4. The van der Waals surface area contributed by atoms with Gasteiger partial charge in [0.1, 0.15) is 5.82 Å². The highest BCUT2D eigenvalue weighted by Crippen LogP contribution is 2.38. The average Bonchev–Trinajstić information content (AvgIpc) is 2.45. The molecule has 0 unspecified atom stereocenters. The van der Waals surface area contributed by atoms with Gasteiger partial charge in [0.15, 0.2) is 11.5 Å². The zero-order valence-corrected chi connectivity index (χ0v) is 12.4. The number of benzene rings is 1. The molecule has 0 atom stereocenters. The molecule has 106 valence electrons. The first-order valence-electron chi connectivity index (χ1n) is 5.67. The van der Waals surface area contributed by atoms with E-state index in [2.05, 4.69) is 9.97 Å². The van der Waals surface area contributed by atoms with Gasteiger partial charge in [-0.25, -0.2) is 4.98 Å². The molecule has 0 aliphatic rings. The molecule has 1 N–H and O–H groups in total. The molecule has 0 fully saturated rings. The third-order valence-electron chi connectivity index (χ3n) is 2.64. The summed E-state index contributed by atoms with van der Waals surface area (Å²) in [5, 5.41) is 0.362. The molecule has 1 aromatic heterocycles. The van der Waals surface area contributed by atoms with Gasteiger partial charge in [-0.15, -0.1) is 11.6 Å². The molecule has 0 spiro atoms. The van der Waals surface area contributed by atoms with Crippen LogP contribution in [0, 0.1) is 0 Å². The smallest absolute Gasteiger partial charge is 0.251 e. The highest BCUT2D eigenvalue weighted by molar-refractivity contribution is 6.32. The van der Waals surface area contributed by atoms with Crippen molar-refractivity contribution in [3.63, 3.8) is 0 Å². The number of ether oxygens (including phenoxy) is 2. The third-order valence-corrected chi connectivity index (χ3v) is 3.19. The lowest BCUT2D eigenvalue weighted by atomic mass is 10.2. The van der Waals surface area contributed by atoms with Crippen LogP contribution in [-0.2, 0) is 5.88 Å². The molecule has 2 rings (SSSR count). The fraction of sp³-hybridized carbons (Fsp3) is 0.231. The molecule has 0 aliphatic heterocycles. The molecule has 1 aromatic carbocycles. The first kappa shape index (κ1) is 14.7. The lowest BCUT2D eigenvalue weighted by Gasteiger charge is -2.11. The highest BCUT2D eigenvalue weighted by atomic mass is 35.5. The van der Waals surface area contributed by atoms with Crippen LogP contribution < -0.4 is 15.0 Å². The van der Waals surface area contributed by atoms with Crippen LogP contribution in [0.5, 0.6) is 11.5 Å². The van der Waals surface area contributed by atoms with Gasteiger partial charge in [-0.2, -0.15) is 0 Å². The van der Waals surface area contributed by atoms with E-state index in [0.717, 1.165) is 0 Å². The van der Waals surface area contributed by atoms with Crippen LogP contribution >= 0.6 is 23.2 Å². The number of halogens is 2. The number of alkyl halides is 1. The maximum atomic E-state index is 11.6. The molecule has 0 amide bonds. The molecule has 0 saturated carbocycles. The fourth-order valence-corrected chi connectivity index (χ4v) is 2.19. The number of nitrogens with one attached hydrogen (secondary N) is 1. The zero-order valence-electron chi connectivity index (χ0n) is 10.9. The second kappa shape index (κ2) is 6.15. The van der Waals surface area contributed by atoms with Crippen LogP contribution in [0.3, 0.4) is 0 Å². The Kier molecular flexibility index (Phi) is 4.52. The molecule has 0 aliphatic carbocycles. The molecule has 7 heteroatoms. The Morgan fingerprint density at radius 1 is 1.25 bits per heavy atom. The van der Waals surface area contributed by atoms with Crippen molar-refractivity contribution >= 4 is 23.2 Å². The predicted octanol–water partition coefficient (Wildman–Crippen LogP) is 2.85. The Morgan fingerprint density at radius 2 is 2.00 bits per heavy atom. The normalized spacial score (nSPS) is 10.4. The Morgan fingerprint density at radius 3 is 2.60 bits per heavy atom. The summed E-state index contributed by atoms with van der Waals surface area (Å²) >= 11 is 11.8. The number of methoxy groups -OCH3 is 2. The maximum absolute atomic E-state index is 11.6. The lowest BCUT2D eigenvalue weighted by Crippen LogP contribution is -2.09. The Labute approximate surface area is 125 Å². The molecular formula is C13H12Cl2N2O3. The van der Waals surface area contributed by atoms with Crippen molar-refractivity contribution in [1.82, 2.24) is 9.97 Å². The summed E-state index contributed by atoms with van der Waals surface area (Å²) in [5.41, 5.74) is 0.810. The van der Waals surface area contributed by atoms with E-state index in [1.165, 1.54) is 20.3 Å². The molecule has 20 heavy (non-hydrogen) atoms. The van der Waals surface area contributed by atoms with Crippen LogP contribution in [0.25, 0.3) is 11.4 Å². The van der Waals surface area contributed by atoms with E-state index in [9.17, 15) is 4.79 Å². The summed E-state index contributed by atoms with van der Waals surface area (Å²) in [6.07, 6.45) is 0. The Balaban J connectivity index is 2.61. The van der Waals surface area contributed by atoms with Crippen LogP contribution in [0.1, 0.15) is 5.69 Å². The van der Waals surface area contributed by atoms with E-state index in [0.29, 0.717) is 33.6 Å². The lowest BCUT2D eigenvalue weighted by molar-refractivity contribution is 0.355. The molecule has 1 heterocycles. The number of nitrogens with zero attached hydrogens (tertiary/aromatic N) is 1. The SMILES string of the molecule is COc1cc(-c2nc(CCl)cc(=O)[nH]2)cc(Cl)c1OC. The summed E-state index contributed by atoms with van der Waals surface area (Å²) in [6, 6.07) is 4.67. The highest BCUT2D eigenvalue weighted by Gasteiger charge is 2.13. The van der Waals surface area contributed by atoms with Gasteiger partial charge in [0, 0.05) is 11.6 Å². The van der Waals surface area contributed by atoms with E-state index >= 15 is 0 Å². The molecule has 0 radical (unpaired) electrons. The minimum atomic E-state index is -0.281. The average molecular weight is 315 g/mol. The van der Waals surface area contributed by atoms with Gasteiger partial charge in [0.25, 0.3) is 5.56 Å². The summed E-state index contributed by atoms with van der Waals surface area (Å²) in [6.45, 7) is 0. The molecule has 5 nitrogen and oxygen atoms in total. The van der Waals surface area contributed by atoms with E-state index in [1.807, 2.05) is 0 Å². The van der Waals surface area contributed by atoms with Crippen molar-refractivity contribution in [1.29, 1.82) is 0 Å². The number of H-pyrrole nitrogens is 1. The van der Waals surface area contributed by atoms with Crippen LogP contribution in [0.15, 0.2) is 23.0 Å². The first-order chi connectivity index (χ1) is 9.58. The number of rotatable bonds is 4. The molecule has 0 saturated heterocycles. The van der Waals surface area contributed by atoms with Crippen molar-refractivity contribution in [2.24, 2.45) is 0 Å². The van der Waals surface area contributed by atoms with Crippen molar-refractivity contribution in [2.45, 2.75) is 5.88 Å². The fourth-order valence-electron chi connectivity index (χ4n) is 1.77. The Bertz CT molecular complexity index is 686. The van der Waals surface area contributed by atoms with E-state index in [4.69, 9.17) is 32.7 Å². The second-order valence-corrected chi connectivity index (χ2v) is 4.59. The van der Waals surface area contributed by atoms with E-state index < -0.39 is 0 Å². The van der Waals surface area contributed by atoms with Gasteiger partial charge in [0.05, 0.1) is 30.8 Å². The number of aromatic nitrogens is 2. The number of aromatic amines is 1. The van der Waals surface area contributed by atoms with Gasteiger partial charge < -0.3 is 14.5 Å². The quantitative estimate of drug-likeness (QED) is 0.881. The van der Waals surface area contributed by atoms with Gasteiger partial charge in [-0.3, -0.25) is 4.79 Å². The van der Waals surface area contributed by atoms with E-state index in [-0.39, 0.29) is 11.4 Å². The van der Waals surface area contributed by atoms with Gasteiger partial charge in [-0.05, 0) is 12.1 Å². The van der Waals surface area contributed by atoms with Crippen molar-refractivity contribution in [2.75, 3.05) is 14.2 Å². The van der Waals surface area contributed by atoms with Gasteiger partial charge in [-0.1, -0.05) is 11.6 Å². The van der Waals surface area contributed by atoms with Crippen molar-refractivity contribution in [3.8, 4) is 22.9 Å². The first-order valence-corrected chi connectivity index (χ1v) is 6.58. The van der Waals surface area contributed by atoms with Crippen LogP contribution in [0.2, 0.25) is 5.02 Å². The number of hydrogen-bond acceptors (Lipinski definition) is 4. The van der Waals surface area contributed by atoms with Crippen LogP contribution in [0.4, 0.5) is 0 Å². The van der Waals surface area contributed by atoms with Crippen molar-refractivity contribution < 1.29 is 9.47 Å². The largest absolute Gasteiger partial charge is 0.493 e. The minimum absolute atomic E-state index is 0.151. The number of hydrogen-bond donors (Lipinski definition) is 1. The molecular weight excluding hydrogens is 303 g/mol. The topological polar surface area (TPSA) is 64.2 Å². The summed E-state index contributed by atoms with van der Waals surface area (Å²) in [7, 11) is 3.00. The minimum Gasteiger partial charge on any atom is -0.493 e. The second-order valence-electron chi connectivity index (χ2n) is 3.91. The predicted molar refractivity (Wildman–Crippen MR) is 78.0 cm³/mol.